The Hall–Kier alpha value is -0.260. The molecule has 1 rings (SSSR count). The van der Waals surface area contributed by atoms with Crippen molar-refractivity contribution in [1.29, 1.82) is 0 Å². The molecule has 0 aromatic carbocycles. The number of hydrogen-bond donors (Lipinski definition) is 1. The Labute approximate surface area is 87.2 Å². The van der Waals surface area contributed by atoms with E-state index >= 15 is 0 Å². The summed E-state index contributed by atoms with van der Waals surface area (Å²) in [6, 6.07) is 0. The van der Waals surface area contributed by atoms with Crippen molar-refractivity contribution in [1.82, 2.24) is 4.98 Å². The van der Waals surface area contributed by atoms with Crippen LogP contribution in [-0.2, 0) is 6.54 Å². The van der Waals surface area contributed by atoms with E-state index in [1.165, 1.54) is 0 Å². The molecule has 0 atom stereocenters. The Kier molecular flexibility index (Phi) is 3.58. The molecule has 72 valence electrons. The van der Waals surface area contributed by atoms with Gasteiger partial charge in [0.2, 0.25) is 0 Å². The third-order valence-electron chi connectivity index (χ3n) is 1.55. The number of alkyl halides is 2. The van der Waals surface area contributed by atoms with Crippen LogP contribution in [0.15, 0.2) is 10.7 Å². The topological polar surface area (TPSA) is 38.9 Å². The zero-order valence-corrected chi connectivity index (χ0v) is 8.74. The van der Waals surface area contributed by atoms with Gasteiger partial charge in [0.15, 0.2) is 0 Å². The Morgan fingerprint density at radius 1 is 1.62 bits per heavy atom. The van der Waals surface area contributed by atoms with Crippen LogP contribution >= 0.6 is 27.5 Å². The summed E-state index contributed by atoms with van der Waals surface area (Å²) < 4.78 is 25.1. The molecule has 0 aliphatic rings. The predicted octanol–water partition coefficient (Wildman–Crippen LogP) is 2.89. The van der Waals surface area contributed by atoms with Gasteiger partial charge in [-0.15, -0.1) is 0 Å². The lowest BCUT2D eigenvalue weighted by Crippen LogP contribution is -2.04. The average molecular weight is 271 g/mol. The molecule has 6 heteroatoms. The van der Waals surface area contributed by atoms with Crippen LogP contribution in [0.1, 0.15) is 17.6 Å². The van der Waals surface area contributed by atoms with Crippen LogP contribution in [-0.4, -0.2) is 4.98 Å². The zero-order valence-electron chi connectivity index (χ0n) is 6.40. The lowest BCUT2D eigenvalue weighted by atomic mass is 10.1. The smallest absolute Gasteiger partial charge is 0.265 e. The van der Waals surface area contributed by atoms with Gasteiger partial charge in [0.1, 0.15) is 5.15 Å². The van der Waals surface area contributed by atoms with Gasteiger partial charge in [0.25, 0.3) is 6.43 Å². The second-order valence-corrected chi connectivity index (χ2v) is 3.45. The summed E-state index contributed by atoms with van der Waals surface area (Å²) in [6.45, 7) is 0.00248. The first-order valence-corrected chi connectivity index (χ1v) is 4.56. The first kappa shape index (κ1) is 10.8. The SMILES string of the molecule is NCc1c(C(F)F)cnc(Cl)c1Br. The van der Waals surface area contributed by atoms with Crippen LogP contribution in [0, 0.1) is 0 Å². The normalized spacial score (nSPS) is 10.9. The average Bonchev–Trinajstić information content (AvgIpc) is 2.09. The molecule has 2 nitrogen and oxygen atoms in total. The van der Waals surface area contributed by atoms with Crippen LogP contribution in [0.2, 0.25) is 5.15 Å². The van der Waals surface area contributed by atoms with E-state index in [0.29, 0.717) is 10.0 Å². The molecule has 0 saturated heterocycles. The highest BCUT2D eigenvalue weighted by Gasteiger charge is 2.16. The second-order valence-electron chi connectivity index (χ2n) is 2.30. The quantitative estimate of drug-likeness (QED) is 0.840. The third-order valence-corrected chi connectivity index (χ3v) is 2.92. The highest BCUT2D eigenvalue weighted by molar-refractivity contribution is 9.10. The summed E-state index contributed by atoms with van der Waals surface area (Å²) in [5.41, 5.74) is 5.43. The van der Waals surface area contributed by atoms with Crippen molar-refractivity contribution in [3.8, 4) is 0 Å². The summed E-state index contributed by atoms with van der Waals surface area (Å²) in [7, 11) is 0. The molecule has 0 saturated carbocycles. The number of pyridine rings is 1. The standard InChI is InChI=1S/C7H6BrClF2N2/c8-5-3(1-12)4(7(10)11)2-13-6(5)9/h2,7H,1,12H2. The van der Waals surface area contributed by atoms with Gasteiger partial charge in [-0.05, 0) is 21.5 Å². The zero-order chi connectivity index (χ0) is 10.0. The number of nitrogens with zero attached hydrogens (tertiary/aromatic N) is 1. The summed E-state index contributed by atoms with van der Waals surface area (Å²) in [6.07, 6.45) is -1.54. The summed E-state index contributed by atoms with van der Waals surface area (Å²) >= 11 is 8.66. The molecule has 0 unspecified atom stereocenters. The number of rotatable bonds is 2. The number of nitrogens with two attached hydrogens (primary N) is 1. The maximum absolute atomic E-state index is 12.4. The van der Waals surface area contributed by atoms with Gasteiger partial charge in [0.05, 0.1) is 4.47 Å². The van der Waals surface area contributed by atoms with Gasteiger partial charge < -0.3 is 5.73 Å². The first-order chi connectivity index (χ1) is 6.07. The van der Waals surface area contributed by atoms with Crippen LogP contribution < -0.4 is 5.73 Å². The van der Waals surface area contributed by atoms with Crippen LogP contribution in [0.5, 0.6) is 0 Å². The fourth-order valence-electron chi connectivity index (χ4n) is 0.908. The lowest BCUT2D eigenvalue weighted by molar-refractivity contribution is 0.149. The highest BCUT2D eigenvalue weighted by atomic mass is 79.9. The Bertz CT molecular complexity index is 320. The molecule has 0 bridgehead atoms. The summed E-state index contributed by atoms with van der Waals surface area (Å²) in [5.74, 6) is 0. The summed E-state index contributed by atoms with van der Waals surface area (Å²) in [5, 5.41) is 0.143. The molecule has 0 aliphatic heterocycles. The number of hydrogen-bond acceptors (Lipinski definition) is 2. The van der Waals surface area contributed by atoms with Gasteiger partial charge in [-0.2, -0.15) is 0 Å². The maximum Gasteiger partial charge on any atom is 0.265 e. The maximum atomic E-state index is 12.4. The molecule has 0 radical (unpaired) electrons. The van der Waals surface area contributed by atoms with E-state index in [1.807, 2.05) is 0 Å². The van der Waals surface area contributed by atoms with Crippen molar-refractivity contribution in [2.75, 3.05) is 0 Å². The Balaban J connectivity index is 3.30. The first-order valence-electron chi connectivity index (χ1n) is 3.39. The Morgan fingerprint density at radius 3 is 2.69 bits per heavy atom. The minimum absolute atomic E-state index is 0.00248. The van der Waals surface area contributed by atoms with Crippen molar-refractivity contribution in [2.45, 2.75) is 13.0 Å². The third kappa shape index (κ3) is 2.15. The monoisotopic (exact) mass is 270 g/mol. The molecule has 0 amide bonds. The largest absolute Gasteiger partial charge is 0.326 e. The molecule has 2 N–H and O–H groups in total. The van der Waals surface area contributed by atoms with Gasteiger partial charge in [-0.1, -0.05) is 11.6 Å². The molecule has 0 spiro atoms. The van der Waals surface area contributed by atoms with Crippen molar-refractivity contribution >= 4 is 27.5 Å². The molecule has 1 aromatic rings. The molecule has 0 aliphatic carbocycles. The lowest BCUT2D eigenvalue weighted by Gasteiger charge is -2.08. The number of halogens is 4. The molecule has 1 heterocycles. The van der Waals surface area contributed by atoms with Gasteiger partial charge in [-0.25, -0.2) is 13.8 Å². The van der Waals surface area contributed by atoms with Crippen molar-refractivity contribution in [3.05, 3.63) is 26.9 Å². The minimum Gasteiger partial charge on any atom is -0.326 e. The van der Waals surface area contributed by atoms with E-state index in [4.69, 9.17) is 17.3 Å². The molecular weight excluding hydrogens is 265 g/mol. The van der Waals surface area contributed by atoms with E-state index in [-0.39, 0.29) is 17.3 Å². The van der Waals surface area contributed by atoms with E-state index in [0.717, 1.165) is 6.20 Å². The van der Waals surface area contributed by atoms with Gasteiger partial charge in [0, 0.05) is 18.3 Å². The van der Waals surface area contributed by atoms with E-state index in [1.54, 1.807) is 0 Å². The summed E-state index contributed by atoms with van der Waals surface area (Å²) in [4.78, 5) is 3.59. The Morgan fingerprint density at radius 2 is 2.23 bits per heavy atom. The second kappa shape index (κ2) is 4.30. The molecular formula is C7H6BrClF2N2. The molecule has 13 heavy (non-hydrogen) atoms. The van der Waals surface area contributed by atoms with Gasteiger partial charge >= 0.3 is 0 Å². The van der Waals surface area contributed by atoms with E-state index in [9.17, 15) is 8.78 Å². The van der Waals surface area contributed by atoms with Crippen molar-refractivity contribution in [3.63, 3.8) is 0 Å². The van der Waals surface area contributed by atoms with Gasteiger partial charge in [-0.3, -0.25) is 0 Å². The van der Waals surface area contributed by atoms with Crippen LogP contribution in [0.25, 0.3) is 0 Å². The highest BCUT2D eigenvalue weighted by Crippen LogP contribution is 2.31. The van der Waals surface area contributed by atoms with Crippen LogP contribution in [0.3, 0.4) is 0 Å². The van der Waals surface area contributed by atoms with Crippen molar-refractivity contribution < 1.29 is 8.78 Å². The molecule has 0 fully saturated rings. The molecule has 1 aromatic heterocycles. The minimum atomic E-state index is -2.58. The van der Waals surface area contributed by atoms with Crippen molar-refractivity contribution in [2.24, 2.45) is 5.73 Å². The van der Waals surface area contributed by atoms with Crippen LogP contribution in [0.4, 0.5) is 8.78 Å². The number of aromatic nitrogens is 1. The fourth-order valence-corrected chi connectivity index (χ4v) is 1.56. The van der Waals surface area contributed by atoms with E-state index < -0.39 is 6.43 Å². The fraction of sp³-hybridized carbons (Fsp3) is 0.286. The predicted molar refractivity (Wildman–Crippen MR) is 49.8 cm³/mol. The van der Waals surface area contributed by atoms with E-state index in [2.05, 4.69) is 20.9 Å².